The Kier molecular flexibility index (Phi) is 12.9. The summed E-state index contributed by atoms with van der Waals surface area (Å²) in [6.07, 6.45) is -0.330. The average molecular weight is 713 g/mol. The summed E-state index contributed by atoms with van der Waals surface area (Å²) in [6.45, 7) is -0.0688. The van der Waals surface area contributed by atoms with E-state index in [1.807, 2.05) is 30.3 Å². The fourth-order valence-electron chi connectivity index (χ4n) is 5.73. The monoisotopic (exact) mass is 712 g/mol. The highest BCUT2D eigenvalue weighted by atomic mass is 32.2. The standard InChI is InChI=1S/C35H44N4O10S/c1-35(21-40,22-41)38-33(45)28-15-9-17-39(28)34(46)31(43)26(18-23-10-4-3-5-11-23)37-32(44)27(20-50(2,47)48)36-30(42)19-49-29-16-8-13-24-12-6-7-14-25(24)29/h3-8,10-14,16,26-28,31,40-41,43H,9,15,17-22H2,1-2H3,(H,36,42)(H,37,44)(H,38,45)/t26-,27-,28-,31-/m0/s1. The molecule has 270 valence electrons. The molecule has 3 aromatic rings. The van der Waals surface area contributed by atoms with Gasteiger partial charge in [-0.1, -0.05) is 66.7 Å². The number of amides is 4. The second-order valence-electron chi connectivity index (χ2n) is 12.8. The minimum atomic E-state index is -3.82. The summed E-state index contributed by atoms with van der Waals surface area (Å²) in [7, 11) is -3.82. The van der Waals surface area contributed by atoms with Crippen molar-refractivity contribution in [2.24, 2.45) is 0 Å². The van der Waals surface area contributed by atoms with Crippen LogP contribution in [0.1, 0.15) is 25.3 Å². The van der Waals surface area contributed by atoms with Gasteiger partial charge in [0.05, 0.1) is 30.5 Å². The van der Waals surface area contributed by atoms with Crippen LogP contribution in [-0.2, 0) is 35.4 Å². The van der Waals surface area contributed by atoms with Crippen LogP contribution in [0.2, 0.25) is 0 Å². The molecule has 15 heteroatoms. The Labute approximate surface area is 290 Å². The number of carbonyl (C=O) groups excluding carboxylic acids is 4. The van der Waals surface area contributed by atoms with Crippen LogP contribution >= 0.6 is 0 Å². The zero-order chi connectivity index (χ0) is 36.5. The molecule has 0 aliphatic carbocycles. The van der Waals surface area contributed by atoms with Crippen LogP contribution in [0.15, 0.2) is 72.8 Å². The van der Waals surface area contributed by atoms with Crippen molar-refractivity contribution in [1.29, 1.82) is 0 Å². The Bertz CT molecular complexity index is 1760. The first-order chi connectivity index (χ1) is 23.7. The molecular weight excluding hydrogens is 668 g/mol. The van der Waals surface area contributed by atoms with Crippen LogP contribution in [0.3, 0.4) is 0 Å². The molecule has 0 radical (unpaired) electrons. The lowest BCUT2D eigenvalue weighted by atomic mass is 9.99. The molecule has 1 saturated heterocycles. The van der Waals surface area contributed by atoms with Gasteiger partial charge in [0.25, 0.3) is 11.8 Å². The van der Waals surface area contributed by atoms with Gasteiger partial charge in [0.1, 0.15) is 27.7 Å². The van der Waals surface area contributed by atoms with E-state index in [0.29, 0.717) is 17.7 Å². The van der Waals surface area contributed by atoms with Crippen molar-refractivity contribution in [3.8, 4) is 5.75 Å². The summed E-state index contributed by atoms with van der Waals surface area (Å²) in [5.74, 6) is -3.58. The highest BCUT2D eigenvalue weighted by Crippen LogP contribution is 2.25. The van der Waals surface area contributed by atoms with E-state index in [2.05, 4.69) is 16.0 Å². The van der Waals surface area contributed by atoms with Crippen molar-refractivity contribution < 1.29 is 47.7 Å². The van der Waals surface area contributed by atoms with Gasteiger partial charge in [-0.25, -0.2) is 8.42 Å². The minimum Gasteiger partial charge on any atom is -0.483 e. The summed E-state index contributed by atoms with van der Waals surface area (Å²) in [5, 5.41) is 39.8. The third kappa shape index (κ3) is 10.2. The van der Waals surface area contributed by atoms with Gasteiger partial charge in [-0.2, -0.15) is 0 Å². The van der Waals surface area contributed by atoms with Crippen molar-refractivity contribution in [2.45, 2.75) is 56.0 Å². The SMILES string of the molecule is CC(CO)(CO)NC(=O)[C@@H]1CCCN1C(=O)[C@@H](O)[C@H](Cc1ccccc1)NC(=O)[C@H](CS(C)(=O)=O)NC(=O)COc1cccc2ccccc12. The van der Waals surface area contributed by atoms with E-state index in [-0.39, 0.29) is 19.4 Å². The Morgan fingerprint density at radius 2 is 1.62 bits per heavy atom. The lowest BCUT2D eigenvalue weighted by Crippen LogP contribution is -2.61. The fourth-order valence-corrected chi connectivity index (χ4v) is 6.57. The van der Waals surface area contributed by atoms with E-state index in [9.17, 15) is 42.9 Å². The van der Waals surface area contributed by atoms with Crippen LogP contribution in [0, 0.1) is 0 Å². The van der Waals surface area contributed by atoms with Gasteiger partial charge in [-0.15, -0.1) is 0 Å². The second-order valence-corrected chi connectivity index (χ2v) is 15.0. The number of rotatable bonds is 16. The quantitative estimate of drug-likeness (QED) is 0.114. The van der Waals surface area contributed by atoms with Crippen LogP contribution < -0.4 is 20.7 Å². The molecule has 1 heterocycles. The Morgan fingerprint density at radius 1 is 0.960 bits per heavy atom. The van der Waals surface area contributed by atoms with Gasteiger partial charge < -0.3 is 40.9 Å². The summed E-state index contributed by atoms with van der Waals surface area (Å²) in [4.78, 5) is 54.7. The lowest BCUT2D eigenvalue weighted by Gasteiger charge is -2.33. The number of hydrogen-bond donors (Lipinski definition) is 6. The number of hydrogen-bond acceptors (Lipinski definition) is 10. The second kappa shape index (κ2) is 16.9. The minimum absolute atomic E-state index is 0.0545. The van der Waals surface area contributed by atoms with Crippen LogP contribution in [0.4, 0.5) is 0 Å². The first-order valence-electron chi connectivity index (χ1n) is 16.2. The largest absolute Gasteiger partial charge is 0.483 e. The molecule has 0 saturated carbocycles. The number of benzene rings is 3. The maximum Gasteiger partial charge on any atom is 0.258 e. The first kappa shape index (κ1) is 38.2. The number of aliphatic hydroxyl groups excluding tert-OH is 3. The van der Waals surface area contributed by atoms with Crippen molar-refractivity contribution in [3.63, 3.8) is 0 Å². The van der Waals surface area contributed by atoms with Crippen molar-refractivity contribution >= 4 is 44.2 Å². The number of sulfone groups is 1. The molecule has 1 aliphatic heterocycles. The van der Waals surface area contributed by atoms with Crippen molar-refractivity contribution in [2.75, 3.05) is 38.4 Å². The molecule has 50 heavy (non-hydrogen) atoms. The van der Waals surface area contributed by atoms with E-state index in [1.165, 1.54) is 11.8 Å². The third-order valence-electron chi connectivity index (χ3n) is 8.45. The van der Waals surface area contributed by atoms with E-state index in [1.54, 1.807) is 42.5 Å². The molecule has 6 N–H and O–H groups in total. The molecule has 1 aliphatic rings. The Balaban J connectivity index is 1.51. The first-order valence-corrected chi connectivity index (χ1v) is 18.2. The molecule has 0 unspecified atom stereocenters. The molecule has 4 rings (SSSR count). The number of nitrogens with one attached hydrogen (secondary N) is 3. The van der Waals surface area contributed by atoms with E-state index >= 15 is 0 Å². The highest BCUT2D eigenvalue weighted by Gasteiger charge is 2.41. The predicted molar refractivity (Wildman–Crippen MR) is 185 cm³/mol. The molecule has 0 bridgehead atoms. The topological polar surface area (TPSA) is 212 Å². The zero-order valence-electron chi connectivity index (χ0n) is 27.9. The maximum atomic E-state index is 13.7. The number of likely N-dealkylation sites (tertiary alicyclic amines) is 1. The summed E-state index contributed by atoms with van der Waals surface area (Å²) in [5.41, 5.74) is -0.704. The lowest BCUT2D eigenvalue weighted by molar-refractivity contribution is -0.147. The average Bonchev–Trinajstić information content (AvgIpc) is 3.60. The summed E-state index contributed by atoms with van der Waals surface area (Å²) >= 11 is 0. The van der Waals surface area contributed by atoms with E-state index < -0.39 is 88.8 Å². The van der Waals surface area contributed by atoms with Gasteiger partial charge in [0, 0.05) is 18.2 Å². The number of nitrogens with zero attached hydrogens (tertiary/aromatic N) is 1. The summed E-state index contributed by atoms with van der Waals surface area (Å²) in [6, 6.07) is 17.4. The molecule has 4 amide bonds. The van der Waals surface area contributed by atoms with Gasteiger partial charge in [0.2, 0.25) is 11.8 Å². The maximum absolute atomic E-state index is 13.7. The van der Waals surface area contributed by atoms with Crippen molar-refractivity contribution in [1.82, 2.24) is 20.9 Å². The molecule has 14 nitrogen and oxygen atoms in total. The Morgan fingerprint density at radius 3 is 2.30 bits per heavy atom. The number of carbonyl (C=O) groups is 4. The van der Waals surface area contributed by atoms with Gasteiger partial charge in [-0.05, 0) is 43.2 Å². The van der Waals surface area contributed by atoms with Crippen LogP contribution in [0.25, 0.3) is 10.8 Å². The molecule has 3 aromatic carbocycles. The fraction of sp³-hybridized carbons (Fsp3) is 0.429. The number of ether oxygens (including phenoxy) is 1. The molecule has 1 fully saturated rings. The van der Waals surface area contributed by atoms with Gasteiger partial charge in [0.15, 0.2) is 12.7 Å². The van der Waals surface area contributed by atoms with Gasteiger partial charge >= 0.3 is 0 Å². The Hall–Kier alpha value is -4.57. The number of aliphatic hydroxyl groups is 3. The number of fused-ring (bicyclic) bond motifs is 1. The van der Waals surface area contributed by atoms with Crippen molar-refractivity contribution in [3.05, 3.63) is 78.4 Å². The molecule has 4 atom stereocenters. The van der Waals surface area contributed by atoms with E-state index in [0.717, 1.165) is 17.0 Å². The zero-order valence-corrected chi connectivity index (χ0v) is 28.8. The summed E-state index contributed by atoms with van der Waals surface area (Å²) < 4.78 is 30.4. The smallest absolute Gasteiger partial charge is 0.258 e. The van der Waals surface area contributed by atoms with Gasteiger partial charge in [-0.3, -0.25) is 19.2 Å². The molecular formula is C35H44N4O10S. The predicted octanol–water partition coefficient (Wildman–Crippen LogP) is -0.313. The molecule has 0 aromatic heterocycles. The highest BCUT2D eigenvalue weighted by molar-refractivity contribution is 7.90. The third-order valence-corrected chi connectivity index (χ3v) is 9.39. The van der Waals surface area contributed by atoms with Crippen LogP contribution in [0.5, 0.6) is 5.75 Å². The normalized spacial score (nSPS) is 16.7. The molecule has 0 spiro atoms. The van der Waals surface area contributed by atoms with Crippen LogP contribution in [-0.4, -0.2) is 120 Å². The van der Waals surface area contributed by atoms with E-state index in [4.69, 9.17) is 4.74 Å².